The second-order valence-corrected chi connectivity index (χ2v) is 4.17. The van der Waals surface area contributed by atoms with Crippen molar-refractivity contribution < 1.29 is 0 Å². The molecule has 16 heavy (non-hydrogen) atoms. The van der Waals surface area contributed by atoms with Crippen molar-refractivity contribution >= 4 is 5.69 Å². The minimum atomic E-state index is 0.0806. The molecule has 0 fully saturated rings. The molecule has 0 aliphatic heterocycles. The van der Waals surface area contributed by atoms with Crippen molar-refractivity contribution in [2.45, 2.75) is 26.7 Å². The van der Waals surface area contributed by atoms with Crippen molar-refractivity contribution in [3.63, 3.8) is 0 Å². The Bertz CT molecular complexity index is 326. The normalized spacial score (nSPS) is 11.8. The second kappa shape index (κ2) is 6.90. The zero-order chi connectivity index (χ0) is 11.8. The Kier molecular flexibility index (Phi) is 5.42. The minimum absolute atomic E-state index is 0.0806. The van der Waals surface area contributed by atoms with E-state index in [0.29, 0.717) is 0 Å². The van der Waals surface area contributed by atoms with Gasteiger partial charge < -0.3 is 4.90 Å². The summed E-state index contributed by atoms with van der Waals surface area (Å²) in [6.45, 7) is 6.02. The Labute approximate surface area is 98.5 Å². The molecule has 1 rings (SSSR count). The van der Waals surface area contributed by atoms with Gasteiger partial charge >= 0.3 is 0 Å². The highest BCUT2D eigenvalue weighted by Gasteiger charge is 2.09. The van der Waals surface area contributed by atoms with Crippen LogP contribution in [0.4, 0.5) is 5.69 Å². The van der Waals surface area contributed by atoms with Crippen molar-refractivity contribution in [1.29, 1.82) is 5.26 Å². The van der Waals surface area contributed by atoms with Gasteiger partial charge in [-0.25, -0.2) is 0 Å². The van der Waals surface area contributed by atoms with Gasteiger partial charge in [-0.1, -0.05) is 31.5 Å². The number of hydrogen-bond acceptors (Lipinski definition) is 2. The molecule has 0 spiro atoms. The Hall–Kier alpha value is -1.49. The molecular formula is C14H20N2. The summed E-state index contributed by atoms with van der Waals surface area (Å²) in [7, 11) is 0. The molecule has 0 saturated heterocycles. The molecule has 0 aromatic heterocycles. The van der Waals surface area contributed by atoms with Gasteiger partial charge in [0.2, 0.25) is 0 Å². The molecule has 0 saturated carbocycles. The Balaban J connectivity index is 2.68. The molecule has 1 aromatic rings. The molecule has 0 aliphatic rings. The standard InChI is InChI=1S/C14H20N2/c1-3-4-10-16(12-13(2)11-15)14-8-6-5-7-9-14/h5-9,13H,3-4,10,12H2,1-2H3. The number of anilines is 1. The summed E-state index contributed by atoms with van der Waals surface area (Å²) < 4.78 is 0. The van der Waals surface area contributed by atoms with E-state index in [9.17, 15) is 0 Å². The fourth-order valence-electron chi connectivity index (χ4n) is 1.68. The zero-order valence-electron chi connectivity index (χ0n) is 10.2. The SMILES string of the molecule is CCCCN(CC(C)C#N)c1ccccc1. The van der Waals surface area contributed by atoms with Gasteiger partial charge in [0.05, 0.1) is 12.0 Å². The van der Waals surface area contributed by atoms with Gasteiger partial charge in [-0.3, -0.25) is 0 Å². The Morgan fingerprint density at radius 1 is 1.31 bits per heavy atom. The number of unbranched alkanes of at least 4 members (excludes halogenated alkanes) is 1. The lowest BCUT2D eigenvalue weighted by Crippen LogP contribution is -2.29. The molecule has 86 valence electrons. The maximum Gasteiger partial charge on any atom is 0.0671 e. The van der Waals surface area contributed by atoms with E-state index in [1.807, 2.05) is 25.1 Å². The molecule has 0 heterocycles. The van der Waals surface area contributed by atoms with Crippen molar-refractivity contribution in [1.82, 2.24) is 0 Å². The van der Waals surface area contributed by atoms with Crippen LogP contribution in [-0.2, 0) is 0 Å². The number of nitrogens with zero attached hydrogens (tertiary/aromatic N) is 2. The van der Waals surface area contributed by atoms with Gasteiger partial charge in [0.25, 0.3) is 0 Å². The zero-order valence-corrected chi connectivity index (χ0v) is 10.2. The van der Waals surface area contributed by atoms with Crippen LogP contribution in [-0.4, -0.2) is 13.1 Å². The van der Waals surface area contributed by atoms with Crippen molar-refractivity contribution in [3.8, 4) is 6.07 Å². The fraction of sp³-hybridized carbons (Fsp3) is 0.500. The van der Waals surface area contributed by atoms with E-state index in [-0.39, 0.29) is 5.92 Å². The van der Waals surface area contributed by atoms with E-state index in [0.717, 1.165) is 13.1 Å². The summed E-state index contributed by atoms with van der Waals surface area (Å²) in [6, 6.07) is 12.6. The highest BCUT2D eigenvalue weighted by atomic mass is 15.1. The maximum absolute atomic E-state index is 8.88. The van der Waals surface area contributed by atoms with Crippen LogP contribution in [0, 0.1) is 17.2 Å². The fourth-order valence-corrected chi connectivity index (χ4v) is 1.68. The summed E-state index contributed by atoms with van der Waals surface area (Å²) >= 11 is 0. The van der Waals surface area contributed by atoms with Crippen LogP contribution in [0.25, 0.3) is 0 Å². The summed E-state index contributed by atoms with van der Waals surface area (Å²) in [6.07, 6.45) is 2.36. The molecule has 2 nitrogen and oxygen atoms in total. The first kappa shape index (κ1) is 12.6. The van der Waals surface area contributed by atoms with E-state index in [2.05, 4.69) is 30.0 Å². The third kappa shape index (κ3) is 3.94. The Morgan fingerprint density at radius 3 is 2.56 bits per heavy atom. The molecule has 1 atom stereocenters. The topological polar surface area (TPSA) is 27.0 Å². The van der Waals surface area contributed by atoms with Crippen LogP contribution in [0.15, 0.2) is 30.3 Å². The molecule has 2 heteroatoms. The smallest absolute Gasteiger partial charge is 0.0671 e. The van der Waals surface area contributed by atoms with Crippen molar-refractivity contribution in [2.24, 2.45) is 5.92 Å². The summed E-state index contributed by atoms with van der Waals surface area (Å²) in [5, 5.41) is 8.88. The summed E-state index contributed by atoms with van der Waals surface area (Å²) in [5.74, 6) is 0.0806. The van der Waals surface area contributed by atoms with Gasteiger partial charge in [0.15, 0.2) is 0 Å². The quantitative estimate of drug-likeness (QED) is 0.728. The first-order chi connectivity index (χ1) is 7.77. The highest BCUT2D eigenvalue weighted by molar-refractivity contribution is 5.46. The number of nitriles is 1. The van der Waals surface area contributed by atoms with E-state index in [4.69, 9.17) is 5.26 Å². The first-order valence-corrected chi connectivity index (χ1v) is 5.97. The average molecular weight is 216 g/mol. The largest absolute Gasteiger partial charge is 0.370 e. The molecule has 0 bridgehead atoms. The molecule has 0 aliphatic carbocycles. The van der Waals surface area contributed by atoms with E-state index in [1.165, 1.54) is 18.5 Å². The molecule has 1 aromatic carbocycles. The van der Waals surface area contributed by atoms with Gasteiger partial charge in [0, 0.05) is 18.8 Å². The van der Waals surface area contributed by atoms with Crippen molar-refractivity contribution in [2.75, 3.05) is 18.0 Å². The highest BCUT2D eigenvalue weighted by Crippen LogP contribution is 2.15. The van der Waals surface area contributed by atoms with E-state index < -0.39 is 0 Å². The molecule has 0 radical (unpaired) electrons. The van der Waals surface area contributed by atoms with Gasteiger partial charge in [-0.2, -0.15) is 5.26 Å². The third-order valence-electron chi connectivity index (χ3n) is 2.62. The lowest BCUT2D eigenvalue weighted by Gasteiger charge is -2.25. The monoisotopic (exact) mass is 216 g/mol. The lowest BCUT2D eigenvalue weighted by atomic mass is 10.1. The van der Waals surface area contributed by atoms with Crippen LogP contribution in [0.1, 0.15) is 26.7 Å². The number of benzene rings is 1. The van der Waals surface area contributed by atoms with Gasteiger partial charge in [-0.05, 0) is 25.5 Å². The maximum atomic E-state index is 8.88. The number of hydrogen-bond donors (Lipinski definition) is 0. The lowest BCUT2D eigenvalue weighted by molar-refractivity contribution is 0.646. The van der Waals surface area contributed by atoms with Crippen molar-refractivity contribution in [3.05, 3.63) is 30.3 Å². The summed E-state index contributed by atoms with van der Waals surface area (Å²) in [5.41, 5.74) is 1.22. The number of rotatable bonds is 6. The Morgan fingerprint density at radius 2 is 2.00 bits per heavy atom. The first-order valence-electron chi connectivity index (χ1n) is 5.97. The minimum Gasteiger partial charge on any atom is -0.370 e. The second-order valence-electron chi connectivity index (χ2n) is 4.17. The van der Waals surface area contributed by atoms with Gasteiger partial charge in [-0.15, -0.1) is 0 Å². The average Bonchev–Trinajstić information content (AvgIpc) is 2.35. The molecule has 0 amide bonds. The summed E-state index contributed by atoms with van der Waals surface area (Å²) in [4.78, 5) is 2.30. The van der Waals surface area contributed by atoms with Crippen LogP contribution < -0.4 is 4.90 Å². The molecular weight excluding hydrogens is 196 g/mol. The molecule has 0 N–H and O–H groups in total. The van der Waals surface area contributed by atoms with Crippen LogP contribution in [0.3, 0.4) is 0 Å². The predicted octanol–water partition coefficient (Wildman–Crippen LogP) is 3.45. The van der Waals surface area contributed by atoms with Gasteiger partial charge in [0.1, 0.15) is 0 Å². The van der Waals surface area contributed by atoms with E-state index >= 15 is 0 Å². The molecule has 1 unspecified atom stereocenters. The van der Waals surface area contributed by atoms with Crippen LogP contribution in [0.2, 0.25) is 0 Å². The predicted molar refractivity (Wildman–Crippen MR) is 68.3 cm³/mol. The third-order valence-corrected chi connectivity index (χ3v) is 2.62. The van der Waals surface area contributed by atoms with Crippen LogP contribution in [0.5, 0.6) is 0 Å². The van der Waals surface area contributed by atoms with E-state index in [1.54, 1.807) is 0 Å². The number of para-hydroxylation sites is 1. The van der Waals surface area contributed by atoms with Crippen LogP contribution >= 0.6 is 0 Å².